The highest BCUT2D eigenvalue weighted by Gasteiger charge is 2.29. The van der Waals surface area contributed by atoms with Crippen molar-refractivity contribution >= 4 is 0 Å². The summed E-state index contributed by atoms with van der Waals surface area (Å²) in [6.07, 6.45) is 1.78. The zero-order chi connectivity index (χ0) is 12.3. The van der Waals surface area contributed by atoms with Gasteiger partial charge in [0.05, 0.1) is 11.9 Å². The smallest absolute Gasteiger partial charge is 0.106 e. The molecule has 0 radical (unpaired) electrons. The number of benzene rings is 1. The van der Waals surface area contributed by atoms with E-state index >= 15 is 0 Å². The van der Waals surface area contributed by atoms with E-state index in [1.807, 2.05) is 37.3 Å². The molecule has 0 aliphatic carbocycles. The fourth-order valence-corrected chi connectivity index (χ4v) is 1.82. The van der Waals surface area contributed by atoms with E-state index < -0.39 is 5.60 Å². The Bertz CT molecular complexity index is 474. The average molecular weight is 231 g/mol. The Hall–Kier alpha value is -1.65. The minimum Gasteiger partial charge on any atom is -0.372 e. The van der Waals surface area contributed by atoms with Gasteiger partial charge in [0.2, 0.25) is 0 Å². The van der Waals surface area contributed by atoms with Crippen LogP contribution < -0.4 is 5.73 Å². The van der Waals surface area contributed by atoms with Crippen LogP contribution in [0.1, 0.15) is 12.5 Å². The van der Waals surface area contributed by atoms with E-state index in [1.54, 1.807) is 13.3 Å². The molecule has 1 aromatic carbocycles. The molecule has 1 heterocycles. The third-order valence-corrected chi connectivity index (χ3v) is 3.11. The molecule has 0 spiro atoms. The Morgan fingerprint density at radius 2 is 2.06 bits per heavy atom. The quantitative estimate of drug-likeness (QED) is 0.844. The maximum absolute atomic E-state index is 5.79. The van der Waals surface area contributed by atoms with Crippen molar-refractivity contribution in [2.45, 2.75) is 12.5 Å². The van der Waals surface area contributed by atoms with Crippen LogP contribution >= 0.6 is 0 Å². The predicted octanol–water partition coefficient (Wildman–Crippen LogP) is 1.90. The maximum Gasteiger partial charge on any atom is 0.106 e. The molecular formula is C13H17N3O. The monoisotopic (exact) mass is 231 g/mol. The summed E-state index contributed by atoms with van der Waals surface area (Å²) in [5, 5.41) is 7.11. The van der Waals surface area contributed by atoms with Gasteiger partial charge in [0, 0.05) is 19.2 Å². The Morgan fingerprint density at radius 3 is 2.65 bits per heavy atom. The Balaban J connectivity index is 2.49. The maximum atomic E-state index is 5.79. The molecule has 0 saturated carbocycles. The van der Waals surface area contributed by atoms with Crippen LogP contribution in [-0.4, -0.2) is 23.9 Å². The summed E-state index contributed by atoms with van der Waals surface area (Å²) in [5.74, 6) is 0. The second-order valence-corrected chi connectivity index (χ2v) is 4.16. The van der Waals surface area contributed by atoms with Gasteiger partial charge in [0.1, 0.15) is 5.60 Å². The lowest BCUT2D eigenvalue weighted by Crippen LogP contribution is -2.33. The van der Waals surface area contributed by atoms with Crippen LogP contribution in [0.4, 0.5) is 0 Å². The molecule has 2 aromatic rings. The topological polar surface area (TPSA) is 63.9 Å². The zero-order valence-electron chi connectivity index (χ0n) is 10.1. The minimum absolute atomic E-state index is 0.406. The first-order valence-electron chi connectivity index (χ1n) is 5.56. The summed E-state index contributed by atoms with van der Waals surface area (Å²) >= 11 is 0. The van der Waals surface area contributed by atoms with Crippen LogP contribution in [-0.2, 0) is 10.3 Å². The number of hydrogen-bond donors (Lipinski definition) is 2. The number of methoxy groups -OCH3 is 1. The normalized spacial score (nSPS) is 14.5. The van der Waals surface area contributed by atoms with E-state index in [1.165, 1.54) is 0 Å². The average Bonchev–Trinajstić information content (AvgIpc) is 2.88. The number of ether oxygens (including phenoxy) is 1. The molecule has 0 aliphatic rings. The number of aromatic amines is 1. The van der Waals surface area contributed by atoms with Crippen LogP contribution in [0.15, 0.2) is 36.5 Å². The third kappa shape index (κ3) is 2.09. The lowest BCUT2D eigenvalue weighted by molar-refractivity contribution is 0.0106. The van der Waals surface area contributed by atoms with Crippen LogP contribution in [0.5, 0.6) is 0 Å². The number of aromatic nitrogens is 2. The number of rotatable bonds is 4. The lowest BCUT2D eigenvalue weighted by atomic mass is 9.93. The van der Waals surface area contributed by atoms with E-state index in [-0.39, 0.29) is 0 Å². The van der Waals surface area contributed by atoms with Gasteiger partial charge >= 0.3 is 0 Å². The van der Waals surface area contributed by atoms with Crippen LogP contribution in [0, 0.1) is 0 Å². The highest BCUT2D eigenvalue weighted by molar-refractivity contribution is 5.63. The fraction of sp³-hybridized carbons (Fsp3) is 0.308. The van der Waals surface area contributed by atoms with Crippen LogP contribution in [0.25, 0.3) is 11.3 Å². The van der Waals surface area contributed by atoms with Crippen molar-refractivity contribution in [3.63, 3.8) is 0 Å². The lowest BCUT2D eigenvalue weighted by Gasteiger charge is -2.26. The molecule has 17 heavy (non-hydrogen) atoms. The van der Waals surface area contributed by atoms with Crippen molar-refractivity contribution < 1.29 is 4.74 Å². The Labute approximate surface area is 101 Å². The number of nitrogens with zero attached hydrogens (tertiary/aromatic N) is 1. The Kier molecular flexibility index (Phi) is 3.26. The zero-order valence-corrected chi connectivity index (χ0v) is 10.1. The van der Waals surface area contributed by atoms with Crippen molar-refractivity contribution in [3.05, 3.63) is 42.1 Å². The van der Waals surface area contributed by atoms with Crippen molar-refractivity contribution in [3.8, 4) is 11.3 Å². The van der Waals surface area contributed by atoms with Gasteiger partial charge in [-0.15, -0.1) is 0 Å². The summed E-state index contributed by atoms with van der Waals surface area (Å²) in [5.41, 5.74) is 8.29. The highest BCUT2D eigenvalue weighted by Crippen LogP contribution is 2.31. The van der Waals surface area contributed by atoms with Gasteiger partial charge < -0.3 is 10.5 Å². The van der Waals surface area contributed by atoms with Crippen molar-refractivity contribution in [1.29, 1.82) is 0 Å². The molecule has 1 unspecified atom stereocenters. The standard InChI is InChI=1S/C13H17N3O/c1-13(9-14,17-2)11-8-15-16-12(11)10-6-4-3-5-7-10/h3-8H,9,14H2,1-2H3,(H,15,16). The number of nitrogens with one attached hydrogen (secondary N) is 1. The van der Waals surface area contributed by atoms with Crippen molar-refractivity contribution in [2.24, 2.45) is 5.73 Å². The molecule has 1 atom stereocenters. The van der Waals surface area contributed by atoms with E-state index in [0.29, 0.717) is 6.54 Å². The summed E-state index contributed by atoms with van der Waals surface area (Å²) in [6.45, 7) is 2.37. The molecule has 0 fully saturated rings. The summed E-state index contributed by atoms with van der Waals surface area (Å²) < 4.78 is 5.51. The predicted molar refractivity (Wildman–Crippen MR) is 67.4 cm³/mol. The number of hydrogen-bond acceptors (Lipinski definition) is 3. The number of nitrogens with two attached hydrogens (primary N) is 1. The third-order valence-electron chi connectivity index (χ3n) is 3.11. The van der Waals surface area contributed by atoms with E-state index in [0.717, 1.165) is 16.8 Å². The first-order valence-corrected chi connectivity index (χ1v) is 5.56. The fourth-order valence-electron chi connectivity index (χ4n) is 1.82. The minimum atomic E-state index is -0.516. The first kappa shape index (κ1) is 11.8. The SMILES string of the molecule is COC(C)(CN)c1cn[nH]c1-c1ccccc1. The molecule has 90 valence electrons. The summed E-state index contributed by atoms with van der Waals surface area (Å²) in [7, 11) is 1.66. The van der Waals surface area contributed by atoms with Gasteiger partial charge in [-0.1, -0.05) is 30.3 Å². The van der Waals surface area contributed by atoms with E-state index in [2.05, 4.69) is 10.2 Å². The molecule has 4 heteroatoms. The van der Waals surface area contributed by atoms with Crippen molar-refractivity contribution in [2.75, 3.05) is 13.7 Å². The molecule has 4 nitrogen and oxygen atoms in total. The van der Waals surface area contributed by atoms with Gasteiger partial charge in [-0.3, -0.25) is 5.10 Å². The molecule has 2 rings (SSSR count). The molecule has 0 bridgehead atoms. The molecule has 0 amide bonds. The van der Waals surface area contributed by atoms with Gasteiger partial charge in [0.15, 0.2) is 0 Å². The van der Waals surface area contributed by atoms with Crippen molar-refractivity contribution in [1.82, 2.24) is 10.2 Å². The molecule has 0 aliphatic heterocycles. The van der Waals surface area contributed by atoms with Crippen LogP contribution in [0.2, 0.25) is 0 Å². The van der Waals surface area contributed by atoms with Gasteiger partial charge in [-0.25, -0.2) is 0 Å². The first-order chi connectivity index (χ1) is 8.21. The summed E-state index contributed by atoms with van der Waals surface area (Å²) in [6, 6.07) is 10.0. The van der Waals surface area contributed by atoms with E-state index in [9.17, 15) is 0 Å². The molecule has 3 N–H and O–H groups in total. The van der Waals surface area contributed by atoms with Crippen LogP contribution in [0.3, 0.4) is 0 Å². The van der Waals surface area contributed by atoms with E-state index in [4.69, 9.17) is 10.5 Å². The largest absolute Gasteiger partial charge is 0.372 e. The van der Waals surface area contributed by atoms with Gasteiger partial charge in [0.25, 0.3) is 0 Å². The second-order valence-electron chi connectivity index (χ2n) is 4.16. The number of H-pyrrole nitrogens is 1. The summed E-state index contributed by atoms with van der Waals surface area (Å²) in [4.78, 5) is 0. The molecular weight excluding hydrogens is 214 g/mol. The van der Waals surface area contributed by atoms with Gasteiger partial charge in [-0.2, -0.15) is 5.10 Å². The highest BCUT2D eigenvalue weighted by atomic mass is 16.5. The molecule has 1 aromatic heterocycles. The Morgan fingerprint density at radius 1 is 1.35 bits per heavy atom. The second kappa shape index (κ2) is 4.69. The molecule has 0 saturated heterocycles. The van der Waals surface area contributed by atoms with Gasteiger partial charge in [-0.05, 0) is 12.5 Å².